The molecular weight excluding hydrogens is 452 g/mol. The molecule has 10 nitrogen and oxygen atoms in total. The van der Waals surface area contributed by atoms with E-state index in [1.807, 2.05) is 0 Å². The number of esters is 2. The molecule has 0 spiro atoms. The quantitative estimate of drug-likeness (QED) is 0.528. The molecule has 182 valence electrons. The first-order valence-electron chi connectivity index (χ1n) is 11.0. The van der Waals surface area contributed by atoms with E-state index in [0.29, 0.717) is 51.3 Å². The monoisotopic (exact) mass is 482 g/mol. The summed E-state index contributed by atoms with van der Waals surface area (Å²) in [6, 6.07) is 4.29. The largest absolute Gasteiger partial charge is 0.466 e. The number of carbonyl (C=O) groups excluding carboxylic acids is 3. The van der Waals surface area contributed by atoms with Crippen molar-refractivity contribution in [3.8, 4) is 0 Å². The van der Waals surface area contributed by atoms with E-state index in [0.717, 1.165) is 0 Å². The summed E-state index contributed by atoms with van der Waals surface area (Å²) in [4.78, 5) is 38.5. The van der Waals surface area contributed by atoms with Gasteiger partial charge in [0.2, 0.25) is 10.0 Å². The van der Waals surface area contributed by atoms with E-state index in [1.54, 1.807) is 24.8 Å². The number of ether oxygens (including phenoxy) is 3. The second-order valence-electron chi connectivity index (χ2n) is 7.98. The Kier molecular flexibility index (Phi) is 8.44. The Labute approximate surface area is 193 Å². The van der Waals surface area contributed by atoms with Gasteiger partial charge in [0.15, 0.2) is 6.61 Å². The average Bonchev–Trinajstić information content (AvgIpc) is 2.83. The van der Waals surface area contributed by atoms with Gasteiger partial charge in [0.1, 0.15) is 0 Å². The highest BCUT2D eigenvalue weighted by atomic mass is 32.2. The van der Waals surface area contributed by atoms with E-state index in [2.05, 4.69) is 0 Å². The summed E-state index contributed by atoms with van der Waals surface area (Å²) < 4.78 is 42.5. The van der Waals surface area contributed by atoms with Crippen LogP contribution in [0.15, 0.2) is 23.1 Å². The van der Waals surface area contributed by atoms with Crippen molar-refractivity contribution in [1.29, 1.82) is 0 Å². The maximum Gasteiger partial charge on any atom is 0.338 e. The van der Waals surface area contributed by atoms with Crippen LogP contribution >= 0.6 is 0 Å². The molecule has 2 aliphatic heterocycles. The first-order valence-corrected chi connectivity index (χ1v) is 12.5. The summed E-state index contributed by atoms with van der Waals surface area (Å²) in [5.74, 6) is -1.60. The minimum Gasteiger partial charge on any atom is -0.466 e. The highest BCUT2D eigenvalue weighted by Crippen LogP contribution is 2.22. The van der Waals surface area contributed by atoms with Crippen LogP contribution < -0.4 is 0 Å². The van der Waals surface area contributed by atoms with Gasteiger partial charge >= 0.3 is 11.9 Å². The molecule has 0 radical (unpaired) electrons. The number of hydrogen-bond acceptors (Lipinski definition) is 8. The van der Waals surface area contributed by atoms with Gasteiger partial charge in [-0.1, -0.05) is 6.07 Å². The summed E-state index contributed by atoms with van der Waals surface area (Å²) in [7, 11) is -3.77. The third-order valence-corrected chi connectivity index (χ3v) is 7.73. The molecule has 0 saturated carbocycles. The summed E-state index contributed by atoms with van der Waals surface area (Å²) >= 11 is 0. The maximum absolute atomic E-state index is 12.9. The van der Waals surface area contributed by atoms with Crippen molar-refractivity contribution in [2.45, 2.75) is 31.6 Å². The predicted molar refractivity (Wildman–Crippen MR) is 117 cm³/mol. The lowest BCUT2D eigenvalue weighted by Gasteiger charge is -2.30. The lowest BCUT2D eigenvalue weighted by molar-refractivity contribution is -0.151. The molecule has 0 atom stereocenters. The number of rotatable bonds is 7. The van der Waals surface area contributed by atoms with Gasteiger partial charge in [-0.15, -0.1) is 0 Å². The standard InChI is InChI=1S/C22H30N2O8S/c1-3-31-21(26)17-6-8-23(9-7-17)20(25)15-32-22(27)19-14-18(5-4-16(19)2)33(28,29)24-10-12-30-13-11-24/h4-5,14,17H,3,6-13,15H2,1-2H3. The van der Waals surface area contributed by atoms with Crippen LogP contribution in [0.2, 0.25) is 0 Å². The molecule has 2 saturated heterocycles. The minimum absolute atomic E-state index is 0.00526. The number of aryl methyl sites for hydroxylation is 1. The van der Waals surface area contributed by atoms with E-state index in [4.69, 9.17) is 14.2 Å². The molecule has 0 aromatic heterocycles. The lowest BCUT2D eigenvalue weighted by Crippen LogP contribution is -2.42. The van der Waals surface area contributed by atoms with Crippen molar-refractivity contribution >= 4 is 27.9 Å². The van der Waals surface area contributed by atoms with Crippen LogP contribution in [0.1, 0.15) is 35.7 Å². The first kappa shape index (κ1) is 25.1. The van der Waals surface area contributed by atoms with Crippen LogP contribution in [0.3, 0.4) is 0 Å². The smallest absolute Gasteiger partial charge is 0.338 e. The molecule has 0 unspecified atom stereocenters. The molecule has 33 heavy (non-hydrogen) atoms. The van der Waals surface area contributed by atoms with Gasteiger partial charge in [0.25, 0.3) is 5.91 Å². The number of carbonyl (C=O) groups is 3. The molecular formula is C22H30N2O8S. The second kappa shape index (κ2) is 11.1. The summed E-state index contributed by atoms with van der Waals surface area (Å²) in [5.41, 5.74) is 0.641. The lowest BCUT2D eigenvalue weighted by atomic mass is 9.97. The van der Waals surface area contributed by atoms with Gasteiger partial charge in [0, 0.05) is 26.2 Å². The van der Waals surface area contributed by atoms with E-state index in [9.17, 15) is 22.8 Å². The van der Waals surface area contributed by atoms with E-state index < -0.39 is 22.6 Å². The molecule has 11 heteroatoms. The zero-order valence-corrected chi connectivity index (χ0v) is 19.8. The Morgan fingerprint density at radius 2 is 1.73 bits per heavy atom. The van der Waals surface area contributed by atoms with E-state index in [-0.39, 0.29) is 41.3 Å². The number of likely N-dealkylation sites (tertiary alicyclic amines) is 1. The SMILES string of the molecule is CCOC(=O)C1CCN(C(=O)COC(=O)c2cc(S(=O)(=O)N3CCOCC3)ccc2C)CC1. The zero-order chi connectivity index (χ0) is 24.0. The number of nitrogens with zero attached hydrogens (tertiary/aromatic N) is 2. The Balaban J connectivity index is 1.59. The number of hydrogen-bond donors (Lipinski definition) is 0. The molecule has 2 heterocycles. The van der Waals surface area contributed by atoms with Crippen LogP contribution in [-0.4, -0.2) is 88.1 Å². The Bertz CT molecular complexity index is 980. The van der Waals surface area contributed by atoms with Crippen LogP contribution in [0.25, 0.3) is 0 Å². The molecule has 1 aromatic rings. The Hall–Kier alpha value is -2.50. The molecule has 0 bridgehead atoms. The molecule has 3 rings (SSSR count). The van der Waals surface area contributed by atoms with Crippen LogP contribution in [0.5, 0.6) is 0 Å². The maximum atomic E-state index is 12.9. The number of piperidine rings is 1. The highest BCUT2D eigenvalue weighted by Gasteiger charge is 2.30. The summed E-state index contributed by atoms with van der Waals surface area (Å²) in [6.45, 7) is 5.18. The molecule has 1 aromatic carbocycles. The molecule has 1 amide bonds. The van der Waals surface area contributed by atoms with Gasteiger partial charge in [-0.25, -0.2) is 13.2 Å². The van der Waals surface area contributed by atoms with Gasteiger partial charge in [0.05, 0.1) is 36.2 Å². The Morgan fingerprint density at radius 1 is 1.06 bits per heavy atom. The van der Waals surface area contributed by atoms with Crippen molar-refractivity contribution in [3.05, 3.63) is 29.3 Å². The fourth-order valence-electron chi connectivity index (χ4n) is 3.84. The van der Waals surface area contributed by atoms with Crippen molar-refractivity contribution in [2.24, 2.45) is 5.92 Å². The second-order valence-corrected chi connectivity index (χ2v) is 9.91. The summed E-state index contributed by atoms with van der Waals surface area (Å²) in [5, 5.41) is 0. The topological polar surface area (TPSA) is 120 Å². The van der Waals surface area contributed by atoms with E-state index >= 15 is 0 Å². The third-order valence-electron chi connectivity index (χ3n) is 5.83. The molecule has 2 fully saturated rings. The normalized spacial score (nSPS) is 18.1. The van der Waals surface area contributed by atoms with Gasteiger partial charge < -0.3 is 19.1 Å². The van der Waals surface area contributed by atoms with Gasteiger partial charge in [-0.2, -0.15) is 4.31 Å². The average molecular weight is 483 g/mol. The van der Waals surface area contributed by atoms with Crippen molar-refractivity contribution in [3.63, 3.8) is 0 Å². The van der Waals surface area contributed by atoms with Crippen LogP contribution in [-0.2, 0) is 33.8 Å². The number of sulfonamides is 1. The fraction of sp³-hybridized carbons (Fsp3) is 0.591. The van der Waals surface area contributed by atoms with Crippen molar-refractivity contribution < 1.29 is 37.0 Å². The molecule has 0 aliphatic carbocycles. The molecule has 2 aliphatic rings. The number of benzene rings is 1. The Morgan fingerprint density at radius 3 is 2.36 bits per heavy atom. The third kappa shape index (κ3) is 6.10. The number of amides is 1. The zero-order valence-electron chi connectivity index (χ0n) is 18.9. The van der Waals surface area contributed by atoms with Crippen LogP contribution in [0, 0.1) is 12.8 Å². The molecule has 0 N–H and O–H groups in total. The van der Waals surface area contributed by atoms with E-state index in [1.165, 1.54) is 16.4 Å². The van der Waals surface area contributed by atoms with Gasteiger partial charge in [-0.3, -0.25) is 9.59 Å². The highest BCUT2D eigenvalue weighted by molar-refractivity contribution is 7.89. The van der Waals surface area contributed by atoms with Crippen molar-refractivity contribution in [2.75, 3.05) is 52.6 Å². The fourth-order valence-corrected chi connectivity index (χ4v) is 5.27. The summed E-state index contributed by atoms with van der Waals surface area (Å²) in [6.07, 6.45) is 0.998. The minimum atomic E-state index is -3.77. The van der Waals surface area contributed by atoms with Crippen molar-refractivity contribution in [1.82, 2.24) is 9.21 Å². The van der Waals surface area contributed by atoms with Crippen LogP contribution in [0.4, 0.5) is 0 Å². The number of morpholine rings is 1. The first-order chi connectivity index (χ1) is 15.7. The predicted octanol–water partition coefficient (Wildman–Crippen LogP) is 0.974. The van der Waals surface area contributed by atoms with Gasteiger partial charge in [-0.05, 0) is 44.4 Å².